The van der Waals surface area contributed by atoms with Crippen molar-refractivity contribution in [2.24, 2.45) is 5.92 Å². The number of hydrogen-bond acceptors (Lipinski definition) is 3. The molecule has 1 aliphatic carbocycles. The maximum absolute atomic E-state index is 9.45. The molecule has 14 heavy (non-hydrogen) atoms. The first-order valence-corrected chi connectivity index (χ1v) is 6.51. The van der Waals surface area contributed by atoms with E-state index in [0.29, 0.717) is 11.3 Å². The van der Waals surface area contributed by atoms with Gasteiger partial charge in [-0.1, -0.05) is 13.8 Å². The largest absolute Gasteiger partial charge is 0.392 e. The summed E-state index contributed by atoms with van der Waals surface area (Å²) in [5, 5.41) is 13.9. The van der Waals surface area contributed by atoms with E-state index in [2.05, 4.69) is 19.2 Å². The first-order valence-electron chi connectivity index (χ1n) is 5.57. The van der Waals surface area contributed by atoms with Gasteiger partial charge in [-0.05, 0) is 32.7 Å². The van der Waals surface area contributed by atoms with Crippen LogP contribution in [-0.4, -0.2) is 34.8 Å². The Bertz CT molecular complexity index is 175. The molecule has 1 rings (SSSR count). The Hall–Kier alpha value is 0.270. The number of thioether (sulfide) groups is 1. The van der Waals surface area contributed by atoms with Gasteiger partial charge in [-0.3, -0.25) is 0 Å². The lowest BCUT2D eigenvalue weighted by Gasteiger charge is -2.24. The van der Waals surface area contributed by atoms with Gasteiger partial charge in [0.15, 0.2) is 0 Å². The van der Waals surface area contributed by atoms with E-state index >= 15 is 0 Å². The number of rotatable bonds is 4. The van der Waals surface area contributed by atoms with Gasteiger partial charge in [0.25, 0.3) is 0 Å². The van der Waals surface area contributed by atoms with E-state index in [0.717, 1.165) is 11.2 Å². The standard InChI is InChI=1S/C11H23NOS/c1-7-10(12-4)5-6-11(7)14-9(3)8(2)13/h7-13H,5-6H2,1-4H3. The molecular formula is C11H23NOS. The van der Waals surface area contributed by atoms with Crippen LogP contribution in [0.1, 0.15) is 33.6 Å². The van der Waals surface area contributed by atoms with E-state index in [9.17, 15) is 5.11 Å². The van der Waals surface area contributed by atoms with E-state index in [4.69, 9.17) is 0 Å². The van der Waals surface area contributed by atoms with Gasteiger partial charge in [0.05, 0.1) is 6.10 Å². The van der Waals surface area contributed by atoms with Crippen molar-refractivity contribution in [2.75, 3.05) is 7.05 Å². The normalized spacial score (nSPS) is 37.1. The SMILES string of the molecule is CNC1CCC(SC(C)C(C)O)C1C. The number of aliphatic hydroxyl groups excluding tert-OH is 1. The molecule has 0 amide bonds. The van der Waals surface area contributed by atoms with Gasteiger partial charge in [-0.15, -0.1) is 0 Å². The van der Waals surface area contributed by atoms with Gasteiger partial charge in [0.1, 0.15) is 0 Å². The zero-order valence-electron chi connectivity index (χ0n) is 9.66. The first kappa shape index (κ1) is 12.3. The summed E-state index contributed by atoms with van der Waals surface area (Å²) in [6.45, 7) is 6.32. The number of nitrogens with one attached hydrogen (secondary N) is 1. The molecule has 0 radical (unpaired) electrons. The molecule has 1 saturated carbocycles. The van der Waals surface area contributed by atoms with Crippen molar-refractivity contribution < 1.29 is 5.11 Å². The van der Waals surface area contributed by atoms with Crippen LogP contribution in [0.25, 0.3) is 0 Å². The van der Waals surface area contributed by atoms with Gasteiger partial charge in [0.2, 0.25) is 0 Å². The lowest BCUT2D eigenvalue weighted by molar-refractivity contribution is 0.196. The minimum absolute atomic E-state index is 0.194. The Labute approximate surface area is 91.9 Å². The molecule has 2 N–H and O–H groups in total. The van der Waals surface area contributed by atoms with Crippen molar-refractivity contribution in [3.8, 4) is 0 Å². The van der Waals surface area contributed by atoms with Crippen molar-refractivity contribution in [3.05, 3.63) is 0 Å². The van der Waals surface area contributed by atoms with Gasteiger partial charge in [0, 0.05) is 16.5 Å². The maximum atomic E-state index is 9.45. The highest BCUT2D eigenvalue weighted by Gasteiger charge is 2.33. The Morgan fingerprint density at radius 1 is 1.36 bits per heavy atom. The molecule has 84 valence electrons. The van der Waals surface area contributed by atoms with Crippen LogP contribution >= 0.6 is 11.8 Å². The molecule has 1 aliphatic rings. The van der Waals surface area contributed by atoms with E-state index in [-0.39, 0.29) is 6.10 Å². The summed E-state index contributed by atoms with van der Waals surface area (Å²) in [5.41, 5.74) is 0. The predicted octanol–water partition coefficient (Wildman–Crippen LogP) is 1.88. The second-order valence-electron chi connectivity index (χ2n) is 4.45. The topological polar surface area (TPSA) is 32.3 Å². The zero-order chi connectivity index (χ0) is 10.7. The molecule has 0 bridgehead atoms. The van der Waals surface area contributed by atoms with Crippen molar-refractivity contribution in [2.45, 2.75) is 56.3 Å². The molecule has 2 nitrogen and oxygen atoms in total. The van der Waals surface area contributed by atoms with Crippen molar-refractivity contribution in [3.63, 3.8) is 0 Å². The Morgan fingerprint density at radius 3 is 2.43 bits per heavy atom. The van der Waals surface area contributed by atoms with Crippen LogP contribution in [0.15, 0.2) is 0 Å². The third kappa shape index (κ3) is 2.88. The van der Waals surface area contributed by atoms with E-state index in [1.807, 2.05) is 25.7 Å². The number of hydrogen-bond donors (Lipinski definition) is 2. The van der Waals surface area contributed by atoms with Crippen LogP contribution in [0.3, 0.4) is 0 Å². The summed E-state index contributed by atoms with van der Waals surface area (Å²) in [5.74, 6) is 0.728. The second-order valence-corrected chi connectivity index (χ2v) is 6.07. The van der Waals surface area contributed by atoms with Crippen LogP contribution in [0.2, 0.25) is 0 Å². The fourth-order valence-corrected chi connectivity index (χ4v) is 3.61. The van der Waals surface area contributed by atoms with Crippen LogP contribution in [0, 0.1) is 5.92 Å². The lowest BCUT2D eigenvalue weighted by Crippen LogP contribution is -2.31. The average molecular weight is 217 g/mol. The fourth-order valence-electron chi connectivity index (χ4n) is 2.12. The van der Waals surface area contributed by atoms with E-state index in [1.165, 1.54) is 12.8 Å². The highest BCUT2D eigenvalue weighted by atomic mass is 32.2. The summed E-state index contributed by atoms with van der Waals surface area (Å²) in [4.78, 5) is 0. The van der Waals surface area contributed by atoms with Crippen LogP contribution in [-0.2, 0) is 0 Å². The predicted molar refractivity (Wildman–Crippen MR) is 63.8 cm³/mol. The van der Waals surface area contributed by atoms with Crippen LogP contribution < -0.4 is 5.32 Å². The minimum Gasteiger partial charge on any atom is -0.392 e. The third-order valence-corrected chi connectivity index (χ3v) is 5.26. The summed E-state index contributed by atoms with van der Waals surface area (Å²) >= 11 is 1.95. The summed E-state index contributed by atoms with van der Waals surface area (Å²) in [7, 11) is 2.05. The Morgan fingerprint density at radius 2 is 2.00 bits per heavy atom. The highest BCUT2D eigenvalue weighted by molar-refractivity contribution is 8.00. The molecule has 0 saturated heterocycles. The Kier molecular flexibility index (Phi) is 4.74. The van der Waals surface area contributed by atoms with Gasteiger partial charge in [-0.25, -0.2) is 0 Å². The molecule has 0 aromatic rings. The van der Waals surface area contributed by atoms with Crippen LogP contribution in [0.4, 0.5) is 0 Å². The maximum Gasteiger partial charge on any atom is 0.0628 e. The molecule has 0 aromatic heterocycles. The van der Waals surface area contributed by atoms with Crippen molar-refractivity contribution in [1.29, 1.82) is 0 Å². The molecule has 3 heteroatoms. The molecule has 0 heterocycles. The fraction of sp³-hybridized carbons (Fsp3) is 1.00. The summed E-state index contributed by atoms with van der Waals surface area (Å²) < 4.78 is 0. The van der Waals surface area contributed by atoms with E-state index in [1.54, 1.807) is 0 Å². The van der Waals surface area contributed by atoms with Crippen molar-refractivity contribution in [1.82, 2.24) is 5.32 Å². The summed E-state index contributed by atoms with van der Waals surface area (Å²) in [6, 6.07) is 0.675. The number of aliphatic hydroxyl groups is 1. The molecule has 1 fully saturated rings. The molecule has 0 aliphatic heterocycles. The molecule has 5 atom stereocenters. The second kappa shape index (κ2) is 5.38. The minimum atomic E-state index is -0.194. The van der Waals surface area contributed by atoms with Gasteiger partial charge >= 0.3 is 0 Å². The first-order chi connectivity index (χ1) is 6.56. The van der Waals surface area contributed by atoms with Crippen LogP contribution in [0.5, 0.6) is 0 Å². The summed E-state index contributed by atoms with van der Waals surface area (Å²) in [6.07, 6.45) is 2.37. The lowest BCUT2D eigenvalue weighted by atomic mass is 10.1. The highest BCUT2D eigenvalue weighted by Crippen LogP contribution is 2.37. The molecule has 0 aromatic carbocycles. The van der Waals surface area contributed by atoms with Gasteiger partial charge in [-0.2, -0.15) is 11.8 Å². The zero-order valence-corrected chi connectivity index (χ0v) is 10.5. The average Bonchev–Trinajstić information content (AvgIpc) is 2.47. The van der Waals surface area contributed by atoms with E-state index < -0.39 is 0 Å². The smallest absolute Gasteiger partial charge is 0.0628 e. The molecular weight excluding hydrogens is 194 g/mol. The quantitative estimate of drug-likeness (QED) is 0.754. The van der Waals surface area contributed by atoms with Gasteiger partial charge < -0.3 is 10.4 Å². The molecule has 5 unspecified atom stereocenters. The van der Waals surface area contributed by atoms with Crippen molar-refractivity contribution >= 4 is 11.8 Å². The Balaban J connectivity index is 2.39. The monoisotopic (exact) mass is 217 g/mol. The third-order valence-electron chi connectivity index (χ3n) is 3.42. The molecule has 0 spiro atoms.